The van der Waals surface area contributed by atoms with E-state index in [9.17, 15) is 14.7 Å². The summed E-state index contributed by atoms with van der Waals surface area (Å²) < 4.78 is 18.1. The third kappa shape index (κ3) is 4.57. The van der Waals surface area contributed by atoms with Gasteiger partial charge in [0.05, 0.1) is 39.3 Å². The van der Waals surface area contributed by atoms with Crippen LogP contribution in [0.3, 0.4) is 0 Å². The normalized spacial score (nSPS) is 17.0. The average molecular weight is 478 g/mol. The molecule has 9 nitrogen and oxygen atoms in total. The van der Waals surface area contributed by atoms with Crippen LogP contribution in [-0.2, 0) is 16.1 Å². The molecule has 1 N–H and O–H groups in total. The summed E-state index contributed by atoms with van der Waals surface area (Å²) >= 11 is 0. The number of carbonyl (C=O) groups is 2. The Balaban J connectivity index is 1.80. The lowest BCUT2D eigenvalue weighted by molar-refractivity contribution is -0.140. The van der Waals surface area contributed by atoms with E-state index in [4.69, 9.17) is 14.2 Å². The standard InChI is InChI=1S/C26H27N3O6/c1-33-18-10-8-17(9-11-18)23(30)21-22(19-6-4-7-20(34-2)25(19)35-3)29(26(32)24(21)31)14-5-13-28-15-12-27-16-28/h4,6-12,15-16,22,30H,5,13-14H2,1-3H3/b23-21+/t22-/m1/s1. The Bertz CT molecular complexity index is 1230. The van der Waals surface area contributed by atoms with E-state index in [1.807, 2.05) is 10.8 Å². The van der Waals surface area contributed by atoms with Crippen molar-refractivity contribution in [3.05, 3.63) is 77.9 Å². The van der Waals surface area contributed by atoms with Crippen LogP contribution in [0.1, 0.15) is 23.6 Å². The van der Waals surface area contributed by atoms with Crippen LogP contribution in [0.5, 0.6) is 17.2 Å². The van der Waals surface area contributed by atoms with Gasteiger partial charge in [-0.3, -0.25) is 9.59 Å². The van der Waals surface area contributed by atoms with Gasteiger partial charge in [0.15, 0.2) is 11.5 Å². The van der Waals surface area contributed by atoms with Crippen LogP contribution in [0.4, 0.5) is 0 Å². The fourth-order valence-corrected chi connectivity index (χ4v) is 4.31. The predicted octanol–water partition coefficient (Wildman–Crippen LogP) is 3.42. The van der Waals surface area contributed by atoms with E-state index >= 15 is 0 Å². The number of Topliss-reactive ketones (excluding diaryl/α,β-unsaturated/α-hetero) is 1. The Morgan fingerprint density at radius 2 is 1.77 bits per heavy atom. The molecule has 2 aromatic carbocycles. The van der Waals surface area contributed by atoms with Gasteiger partial charge in [-0.2, -0.15) is 0 Å². The maximum atomic E-state index is 13.3. The number of imidazole rings is 1. The van der Waals surface area contributed by atoms with E-state index in [2.05, 4.69) is 4.98 Å². The number of aliphatic hydroxyl groups excluding tert-OH is 1. The van der Waals surface area contributed by atoms with Crippen LogP contribution in [0.15, 0.2) is 66.8 Å². The number of benzene rings is 2. The number of aliphatic hydroxyl groups is 1. The molecule has 0 unspecified atom stereocenters. The van der Waals surface area contributed by atoms with E-state index < -0.39 is 17.7 Å². The predicted molar refractivity (Wildman–Crippen MR) is 128 cm³/mol. The first-order valence-electron chi connectivity index (χ1n) is 11.1. The Morgan fingerprint density at radius 1 is 1.00 bits per heavy atom. The Labute approximate surface area is 203 Å². The third-order valence-corrected chi connectivity index (χ3v) is 6.01. The zero-order valence-corrected chi connectivity index (χ0v) is 19.8. The number of para-hydroxylation sites is 1. The van der Waals surface area contributed by atoms with E-state index in [1.165, 1.54) is 19.1 Å². The number of nitrogens with zero attached hydrogens (tertiary/aromatic N) is 3. The van der Waals surface area contributed by atoms with Crippen molar-refractivity contribution in [3.8, 4) is 17.2 Å². The maximum Gasteiger partial charge on any atom is 0.295 e. The number of ether oxygens (including phenoxy) is 3. The number of likely N-dealkylation sites (tertiary alicyclic amines) is 1. The van der Waals surface area contributed by atoms with E-state index in [1.54, 1.807) is 62.1 Å². The lowest BCUT2D eigenvalue weighted by Crippen LogP contribution is -2.31. The molecule has 0 bridgehead atoms. The highest BCUT2D eigenvalue weighted by molar-refractivity contribution is 6.46. The molecule has 1 saturated heterocycles. The second-order valence-corrected chi connectivity index (χ2v) is 7.96. The van der Waals surface area contributed by atoms with Gasteiger partial charge in [-0.1, -0.05) is 12.1 Å². The first-order chi connectivity index (χ1) is 17.0. The molecule has 1 aliphatic heterocycles. The van der Waals surface area contributed by atoms with Crippen molar-refractivity contribution < 1.29 is 28.9 Å². The van der Waals surface area contributed by atoms with Crippen LogP contribution in [0.2, 0.25) is 0 Å². The van der Waals surface area contributed by atoms with Gasteiger partial charge in [0.25, 0.3) is 11.7 Å². The van der Waals surface area contributed by atoms with Crippen molar-refractivity contribution in [2.24, 2.45) is 0 Å². The maximum absolute atomic E-state index is 13.3. The molecule has 2 heterocycles. The second kappa shape index (κ2) is 10.3. The summed E-state index contributed by atoms with van der Waals surface area (Å²) in [4.78, 5) is 32.0. The van der Waals surface area contributed by atoms with E-state index in [-0.39, 0.29) is 17.9 Å². The smallest absolute Gasteiger partial charge is 0.295 e. The lowest BCUT2D eigenvalue weighted by atomic mass is 9.94. The molecular formula is C26H27N3O6. The molecule has 182 valence electrons. The quantitative estimate of drug-likeness (QED) is 0.286. The molecule has 1 aromatic heterocycles. The third-order valence-electron chi connectivity index (χ3n) is 6.01. The van der Waals surface area contributed by atoms with E-state index in [0.717, 1.165) is 0 Å². The molecule has 1 aliphatic rings. The summed E-state index contributed by atoms with van der Waals surface area (Å²) in [6, 6.07) is 11.0. The van der Waals surface area contributed by atoms with Gasteiger partial charge in [-0.25, -0.2) is 4.98 Å². The Kier molecular flexibility index (Phi) is 7.05. The van der Waals surface area contributed by atoms with Crippen molar-refractivity contribution >= 4 is 17.4 Å². The Hall–Kier alpha value is -4.27. The number of carbonyl (C=O) groups excluding carboxylic acids is 2. The molecule has 4 rings (SSSR count). The van der Waals surface area contributed by atoms with Gasteiger partial charge in [0.1, 0.15) is 11.5 Å². The first-order valence-corrected chi connectivity index (χ1v) is 11.1. The number of aryl methyl sites for hydroxylation is 1. The number of rotatable bonds is 9. The largest absolute Gasteiger partial charge is 0.507 e. The first kappa shape index (κ1) is 23.9. The molecule has 1 fully saturated rings. The number of ketones is 1. The molecule has 0 spiro atoms. The minimum absolute atomic E-state index is 0.00523. The number of hydrogen-bond acceptors (Lipinski definition) is 7. The second-order valence-electron chi connectivity index (χ2n) is 7.96. The van der Waals surface area contributed by atoms with Gasteiger partial charge < -0.3 is 28.8 Å². The average Bonchev–Trinajstić information content (AvgIpc) is 3.50. The summed E-state index contributed by atoms with van der Waals surface area (Å²) in [6.07, 6.45) is 5.79. The van der Waals surface area contributed by atoms with Crippen molar-refractivity contribution in [2.75, 3.05) is 27.9 Å². The van der Waals surface area contributed by atoms with Crippen molar-refractivity contribution in [2.45, 2.75) is 19.0 Å². The summed E-state index contributed by atoms with van der Waals surface area (Å²) in [6.45, 7) is 0.899. The van der Waals surface area contributed by atoms with Gasteiger partial charge >= 0.3 is 0 Å². The number of aromatic nitrogens is 2. The van der Waals surface area contributed by atoms with Gasteiger partial charge in [-0.15, -0.1) is 0 Å². The molecule has 0 aliphatic carbocycles. The molecule has 3 aromatic rings. The highest BCUT2D eigenvalue weighted by Crippen LogP contribution is 2.45. The fourth-order valence-electron chi connectivity index (χ4n) is 4.31. The molecule has 1 amide bonds. The van der Waals surface area contributed by atoms with Crippen LogP contribution >= 0.6 is 0 Å². The monoisotopic (exact) mass is 477 g/mol. The summed E-state index contributed by atoms with van der Waals surface area (Å²) in [5.74, 6) is -0.248. The summed E-state index contributed by atoms with van der Waals surface area (Å²) in [5.41, 5.74) is 0.937. The highest BCUT2D eigenvalue weighted by atomic mass is 16.5. The SMILES string of the molecule is COc1ccc(/C(O)=C2\C(=O)C(=O)N(CCCn3ccnc3)[C@@H]2c2cccc(OC)c2OC)cc1. The van der Waals surface area contributed by atoms with Crippen LogP contribution in [-0.4, -0.2) is 59.1 Å². The molecular weight excluding hydrogens is 450 g/mol. The van der Waals surface area contributed by atoms with Crippen molar-refractivity contribution in [1.82, 2.24) is 14.5 Å². The zero-order chi connectivity index (χ0) is 24.9. The zero-order valence-electron chi connectivity index (χ0n) is 19.8. The summed E-state index contributed by atoms with van der Waals surface area (Å²) in [7, 11) is 4.55. The van der Waals surface area contributed by atoms with Crippen molar-refractivity contribution in [3.63, 3.8) is 0 Å². The van der Waals surface area contributed by atoms with Gasteiger partial charge in [-0.05, 0) is 36.8 Å². The van der Waals surface area contributed by atoms with Gasteiger partial charge in [0, 0.05) is 36.6 Å². The van der Waals surface area contributed by atoms with Crippen LogP contribution in [0.25, 0.3) is 5.76 Å². The molecule has 1 atom stereocenters. The van der Waals surface area contributed by atoms with Gasteiger partial charge in [0.2, 0.25) is 0 Å². The van der Waals surface area contributed by atoms with Crippen LogP contribution < -0.4 is 14.2 Å². The molecule has 0 saturated carbocycles. The fraction of sp³-hybridized carbons (Fsp3) is 0.269. The minimum atomic E-state index is -0.857. The Morgan fingerprint density at radius 3 is 2.40 bits per heavy atom. The number of methoxy groups -OCH3 is 3. The summed E-state index contributed by atoms with van der Waals surface area (Å²) in [5, 5.41) is 11.2. The minimum Gasteiger partial charge on any atom is -0.507 e. The van der Waals surface area contributed by atoms with Crippen LogP contribution in [0, 0.1) is 0 Å². The van der Waals surface area contributed by atoms with Crippen molar-refractivity contribution in [1.29, 1.82) is 0 Å². The molecule has 35 heavy (non-hydrogen) atoms. The lowest BCUT2D eigenvalue weighted by Gasteiger charge is -2.27. The number of amides is 1. The number of hydrogen-bond donors (Lipinski definition) is 1. The molecule has 9 heteroatoms. The van der Waals surface area contributed by atoms with E-state index in [0.29, 0.717) is 41.3 Å². The highest BCUT2D eigenvalue weighted by Gasteiger charge is 2.47. The molecule has 0 radical (unpaired) electrons. The topological polar surface area (TPSA) is 103 Å².